The normalized spacial score (nSPS) is 25.2. The lowest BCUT2D eigenvalue weighted by molar-refractivity contribution is -0.114. The second-order valence-corrected chi connectivity index (χ2v) is 7.52. The lowest BCUT2D eigenvalue weighted by Crippen LogP contribution is -2.46. The van der Waals surface area contributed by atoms with Crippen LogP contribution < -0.4 is 14.9 Å². The molecule has 1 aliphatic heterocycles. The third-order valence-electron chi connectivity index (χ3n) is 4.02. The molecule has 1 aromatic carbocycles. The molecule has 0 atom stereocenters. The molecule has 7 nitrogen and oxygen atoms in total. The van der Waals surface area contributed by atoms with Crippen LogP contribution in [-0.4, -0.2) is 66.5 Å². The van der Waals surface area contributed by atoms with E-state index in [0.29, 0.717) is 39.1 Å². The van der Waals surface area contributed by atoms with Gasteiger partial charge in [-0.15, -0.1) is 24.6 Å². The Kier molecular flexibility index (Phi) is 5.03. The third kappa shape index (κ3) is 10.8. The zero-order valence-electron chi connectivity index (χ0n) is 34.0. The van der Waals surface area contributed by atoms with Gasteiger partial charge in [-0.3, -0.25) is 9.69 Å². The van der Waals surface area contributed by atoms with Crippen LogP contribution in [0.3, 0.4) is 0 Å². The van der Waals surface area contributed by atoms with E-state index in [1.54, 1.807) is 4.90 Å². The van der Waals surface area contributed by atoms with Crippen molar-refractivity contribution in [2.75, 3.05) is 55.2 Å². The van der Waals surface area contributed by atoms with Gasteiger partial charge in [-0.1, -0.05) is 19.8 Å². The largest absolute Gasteiger partial charge is 0.369 e. The molecule has 10 heteroatoms. The van der Waals surface area contributed by atoms with E-state index in [0.717, 1.165) is 6.07 Å². The number of anilines is 2. The summed E-state index contributed by atoms with van der Waals surface area (Å²) in [6.45, 7) is -9.39. The number of unbranched alkanes of at least 4 members (excludes halogenated alkanes) is 1. The van der Waals surface area contributed by atoms with Crippen molar-refractivity contribution >= 4 is 52.0 Å². The zero-order valence-corrected chi connectivity index (χ0v) is 18.3. The van der Waals surface area contributed by atoms with Gasteiger partial charge in [0, 0.05) is 67.4 Å². The van der Waals surface area contributed by atoms with Crippen LogP contribution in [0.15, 0.2) is 24.2 Å². The Morgan fingerprint density at radius 2 is 2.07 bits per heavy atom. The summed E-state index contributed by atoms with van der Waals surface area (Å²) in [5, 5.41) is 0.117. The van der Waals surface area contributed by atoms with Gasteiger partial charge in [-0.05, 0) is 43.4 Å². The molecule has 0 unspecified atom stereocenters. The Labute approximate surface area is 218 Å². The number of piperazine rings is 1. The van der Waals surface area contributed by atoms with Crippen LogP contribution in [0.25, 0.3) is 0 Å². The number of carbonyl (C=O) groups is 1. The first kappa shape index (κ1) is 10.7. The number of sulfonamides is 1. The van der Waals surface area contributed by atoms with E-state index >= 15 is 0 Å². The van der Waals surface area contributed by atoms with E-state index < -0.39 is 54.6 Å². The van der Waals surface area contributed by atoms with Gasteiger partial charge < -0.3 is 10.2 Å². The number of hydrogen-bond donors (Lipinski definition) is 2. The number of nitrogens with zero attached hydrogens (tertiary/aromatic N) is 2. The van der Waals surface area contributed by atoms with Crippen LogP contribution in [0.1, 0.15) is 52.6 Å². The van der Waals surface area contributed by atoms with Gasteiger partial charge >= 0.3 is 0 Å². The molecule has 1 fully saturated rings. The number of nitrogens with one attached hydrogen (secondary N) is 2. The van der Waals surface area contributed by atoms with Crippen molar-refractivity contribution in [3.05, 3.63) is 24.2 Å². The fourth-order valence-corrected chi connectivity index (χ4v) is 3.45. The average molecular weight is 502 g/mol. The summed E-state index contributed by atoms with van der Waals surface area (Å²) in [6.07, 6.45) is 0.332. The number of halogens is 2. The monoisotopic (exact) mass is 500 g/mol. The second kappa shape index (κ2) is 14.1. The minimum atomic E-state index is -5.53. The summed E-state index contributed by atoms with van der Waals surface area (Å²) >= 11 is 7.78. The fourth-order valence-electron chi connectivity index (χ4n) is 2.76. The third-order valence-corrected chi connectivity index (χ3v) is 5.01. The number of rotatable bonds is 10. The van der Waals surface area contributed by atoms with Crippen molar-refractivity contribution in [1.82, 2.24) is 9.62 Å². The maximum absolute atomic E-state index is 12.8. The zero-order chi connectivity index (χ0) is 38.3. The Balaban J connectivity index is 0.00000531. The Morgan fingerprint density at radius 3 is 2.73 bits per heavy atom. The maximum Gasteiger partial charge on any atom is 0.221 e. The minimum Gasteiger partial charge on any atom is -0.369 e. The van der Waals surface area contributed by atoms with Gasteiger partial charge in [-0.2, -0.15) is 0 Å². The van der Waals surface area contributed by atoms with Crippen molar-refractivity contribution in [2.45, 2.75) is 33.4 Å². The van der Waals surface area contributed by atoms with Gasteiger partial charge in [0.1, 0.15) is 3.76 Å². The molecule has 30 heavy (non-hydrogen) atoms. The summed E-state index contributed by atoms with van der Waals surface area (Å²) in [4.78, 5) is 15.8. The van der Waals surface area contributed by atoms with Crippen molar-refractivity contribution in [3.63, 3.8) is 0 Å². The van der Waals surface area contributed by atoms with Crippen molar-refractivity contribution < 1.29 is 35.2 Å². The standard InChI is InChI=1S/C20H34N4O3S.2ClH/c1-17(2)16-28(26,27)21-9-4-5-10-23-11-13-24(14-12-23)20-8-6-7-19(15-20)22-18(3)25;;/h6-8,15,17,21H,4-5,9-14,16H2,1-3H3,(H,22,25);2*1H/i1D3,2D3,3D3,7D,8D,16D2,17D;;/hD4. The first-order chi connectivity index (χ1) is 21.7. The topological polar surface area (TPSA) is 81.8 Å². The molecular formula is C20H36Cl2N4O3S. The molecule has 2 N–H and O–H groups in total. The lowest BCUT2D eigenvalue weighted by Gasteiger charge is -2.36. The van der Waals surface area contributed by atoms with E-state index in [1.165, 1.54) is 6.07 Å². The number of benzene rings is 1. The highest BCUT2D eigenvalue weighted by Gasteiger charge is 2.17. The summed E-state index contributed by atoms with van der Waals surface area (Å²) in [5.41, 5.74) is -4.16. The molecule has 174 valence electrons. The Hall–Kier alpha value is -1.06. The summed E-state index contributed by atoms with van der Waals surface area (Å²) < 4.78 is 157. The van der Waals surface area contributed by atoms with Gasteiger partial charge in [0.05, 0.1) is 8.45 Å². The van der Waals surface area contributed by atoms with Crippen LogP contribution in [0.4, 0.5) is 11.4 Å². The molecular weight excluding hydrogens is 447 g/mol. The van der Waals surface area contributed by atoms with Gasteiger partial charge in [0.25, 0.3) is 0 Å². The molecule has 1 saturated heterocycles. The van der Waals surface area contributed by atoms with Crippen molar-refractivity contribution in [1.29, 1.82) is 2.35 Å². The van der Waals surface area contributed by atoms with Gasteiger partial charge in [0.2, 0.25) is 15.9 Å². The molecule has 0 aliphatic carbocycles. The van der Waals surface area contributed by atoms with Crippen LogP contribution in [0, 0.1) is 5.89 Å². The first-order valence-electron chi connectivity index (χ1n) is 17.3. The van der Waals surface area contributed by atoms with E-state index in [1.807, 2.05) is 4.90 Å². The highest BCUT2D eigenvalue weighted by molar-refractivity contribution is 7.89. The molecule has 1 aliphatic rings. The smallest absolute Gasteiger partial charge is 0.221 e. The summed E-state index contributed by atoms with van der Waals surface area (Å²) in [7, 11) is -5.53. The molecule has 1 aromatic rings. The van der Waals surface area contributed by atoms with Gasteiger partial charge in [0.15, 0.2) is 1.41 Å². The summed E-state index contributed by atoms with van der Waals surface area (Å²) in [6, 6.07) is 1.92. The quantitative estimate of drug-likeness (QED) is 0.482. The molecule has 1 amide bonds. The highest BCUT2D eigenvalue weighted by Crippen LogP contribution is 2.21. The molecule has 0 saturated carbocycles. The molecule has 0 radical (unpaired) electrons. The Bertz CT molecular complexity index is 1290. The number of hydrogen-bond acceptors (Lipinski definition) is 5. The highest BCUT2D eigenvalue weighted by atomic mass is 35.5. The first-order valence-corrected chi connectivity index (χ1v) is 10.1. The van der Waals surface area contributed by atoms with E-state index in [2.05, 4.69) is 24.6 Å². The maximum atomic E-state index is 12.8. The van der Waals surface area contributed by atoms with Crippen molar-refractivity contribution in [3.8, 4) is 0 Å². The lowest BCUT2D eigenvalue weighted by atomic mass is 10.2. The van der Waals surface area contributed by atoms with Crippen LogP contribution in [-0.2, 0) is 14.8 Å². The molecule has 1 heterocycles. The van der Waals surface area contributed by atoms with Crippen molar-refractivity contribution in [2.24, 2.45) is 5.89 Å². The van der Waals surface area contributed by atoms with Crippen LogP contribution in [0.5, 0.6) is 0 Å². The SMILES string of the molecule is [2H]Cl.[2H]Cl.[2H]c1cc([2H])c(N([2H])C(=O)C([2H])([2H])[2H])cc1N1CCN(CCCCN([2H])S(=O)(=O)C([2H])([2H])C([2H])(C([2H])([2H])[2H])C([2H])([2H])[2H])CC1. The predicted octanol–water partition coefficient (Wildman–Crippen LogP) is 2.97. The van der Waals surface area contributed by atoms with E-state index in [-0.39, 0.29) is 39.9 Å². The fraction of sp³-hybridized carbons (Fsp3) is 0.650. The average Bonchev–Trinajstić information content (AvgIpc) is 2.98. The van der Waals surface area contributed by atoms with E-state index in [9.17, 15) is 13.2 Å². The van der Waals surface area contributed by atoms with Crippen LogP contribution in [0.2, 0.25) is 2.82 Å². The van der Waals surface area contributed by atoms with E-state index in [4.69, 9.17) is 24.4 Å². The molecule has 0 bridgehead atoms. The molecule has 0 aromatic heterocycles. The Morgan fingerprint density at radius 1 is 1.33 bits per heavy atom. The number of amides is 1. The predicted molar refractivity (Wildman–Crippen MR) is 130 cm³/mol. The van der Waals surface area contributed by atoms with Gasteiger partial charge in [-0.25, -0.2) is 13.1 Å². The number of carbonyl (C=O) groups excluding carboxylic acids is 1. The summed E-state index contributed by atoms with van der Waals surface area (Å²) in [5.74, 6) is -5.56. The molecule has 0 spiro atoms. The molecule has 2 rings (SSSR count). The second-order valence-electron chi connectivity index (χ2n) is 6.11. The van der Waals surface area contributed by atoms with Crippen LogP contribution >= 0.6 is 24.6 Å². The minimum absolute atomic E-state index is 0.0214.